The molecule has 0 radical (unpaired) electrons. The van der Waals surface area contributed by atoms with Gasteiger partial charge in [-0.1, -0.05) is 12.1 Å². The highest BCUT2D eigenvalue weighted by molar-refractivity contribution is 6.03. The van der Waals surface area contributed by atoms with Gasteiger partial charge in [-0.2, -0.15) is 0 Å². The minimum absolute atomic E-state index is 0.292. The lowest BCUT2D eigenvalue weighted by Gasteiger charge is -2.10. The Labute approximate surface area is 163 Å². The van der Waals surface area contributed by atoms with Gasteiger partial charge in [-0.05, 0) is 48.9 Å². The lowest BCUT2D eigenvalue weighted by atomic mass is 10.2. The van der Waals surface area contributed by atoms with Crippen molar-refractivity contribution in [2.45, 2.75) is 13.5 Å². The van der Waals surface area contributed by atoms with E-state index in [0.717, 1.165) is 17.1 Å². The van der Waals surface area contributed by atoms with Crippen LogP contribution in [-0.4, -0.2) is 30.1 Å². The van der Waals surface area contributed by atoms with Gasteiger partial charge in [0.15, 0.2) is 0 Å². The predicted octanol–water partition coefficient (Wildman–Crippen LogP) is 3.67. The maximum Gasteiger partial charge on any atom is 0.274 e. The van der Waals surface area contributed by atoms with E-state index in [1.165, 1.54) is 0 Å². The molecule has 7 nitrogen and oxygen atoms in total. The van der Waals surface area contributed by atoms with Crippen LogP contribution in [0.3, 0.4) is 0 Å². The summed E-state index contributed by atoms with van der Waals surface area (Å²) in [6.45, 7) is 2.32. The van der Waals surface area contributed by atoms with Crippen LogP contribution in [0.1, 0.15) is 21.9 Å². The van der Waals surface area contributed by atoms with Gasteiger partial charge in [0.2, 0.25) is 0 Å². The number of anilines is 2. The molecule has 0 bridgehead atoms. The molecule has 7 heteroatoms. The van der Waals surface area contributed by atoms with Crippen LogP contribution >= 0.6 is 0 Å². The number of rotatable bonds is 7. The number of nitrogens with zero attached hydrogens (tertiary/aromatic N) is 2. The van der Waals surface area contributed by atoms with Crippen LogP contribution in [0.25, 0.3) is 0 Å². The molecule has 0 aliphatic carbocycles. The highest BCUT2D eigenvalue weighted by Crippen LogP contribution is 2.17. The van der Waals surface area contributed by atoms with Crippen molar-refractivity contribution in [3.63, 3.8) is 0 Å². The summed E-state index contributed by atoms with van der Waals surface area (Å²) in [6.07, 6.45) is 0. The molecular weight excluding hydrogens is 356 g/mol. The Kier molecular flexibility index (Phi) is 6.06. The lowest BCUT2D eigenvalue weighted by molar-refractivity contribution is 0.102. The third-order valence-electron chi connectivity index (χ3n) is 4.05. The third-order valence-corrected chi connectivity index (χ3v) is 4.05. The molecule has 3 aromatic rings. The summed E-state index contributed by atoms with van der Waals surface area (Å²) in [5.74, 6) is 2.32. The van der Waals surface area contributed by atoms with Crippen LogP contribution in [-0.2, 0) is 6.54 Å². The van der Waals surface area contributed by atoms with Gasteiger partial charge in [0.1, 0.15) is 28.8 Å². The summed E-state index contributed by atoms with van der Waals surface area (Å²) in [7, 11) is 3.23. The zero-order valence-corrected chi connectivity index (χ0v) is 16.0. The summed E-state index contributed by atoms with van der Waals surface area (Å²) in [5.41, 5.74) is 2.02. The molecule has 28 heavy (non-hydrogen) atoms. The zero-order chi connectivity index (χ0) is 19.9. The lowest BCUT2D eigenvalue weighted by Crippen LogP contribution is -2.15. The monoisotopic (exact) mass is 378 g/mol. The number of carbonyl (C=O) groups is 1. The molecule has 0 unspecified atom stereocenters. The molecule has 0 saturated carbocycles. The number of carbonyl (C=O) groups excluding carboxylic acids is 1. The minimum atomic E-state index is -0.303. The Balaban J connectivity index is 1.68. The first-order valence-electron chi connectivity index (χ1n) is 8.75. The largest absolute Gasteiger partial charge is 0.497 e. The second-order valence-corrected chi connectivity index (χ2v) is 6.07. The minimum Gasteiger partial charge on any atom is -0.497 e. The highest BCUT2D eigenvalue weighted by atomic mass is 16.5. The van der Waals surface area contributed by atoms with E-state index in [4.69, 9.17) is 9.47 Å². The Morgan fingerprint density at radius 3 is 2.14 bits per heavy atom. The molecule has 144 valence electrons. The van der Waals surface area contributed by atoms with E-state index < -0.39 is 0 Å². The molecule has 1 amide bonds. The van der Waals surface area contributed by atoms with Crippen molar-refractivity contribution in [3.05, 3.63) is 71.7 Å². The molecule has 2 aromatic carbocycles. The quantitative estimate of drug-likeness (QED) is 0.653. The van der Waals surface area contributed by atoms with E-state index in [1.54, 1.807) is 51.5 Å². The van der Waals surface area contributed by atoms with E-state index >= 15 is 0 Å². The van der Waals surface area contributed by atoms with Crippen molar-refractivity contribution in [3.8, 4) is 11.5 Å². The standard InChI is InChI=1S/C21H22N4O3/c1-14-23-19(21(26)25-16-6-10-18(28-3)11-7-16)12-20(24-14)22-13-15-4-8-17(27-2)9-5-15/h4-12H,13H2,1-3H3,(H,25,26)(H,22,23,24). The Bertz CT molecular complexity index is 941. The third kappa shape index (κ3) is 4.97. The van der Waals surface area contributed by atoms with Gasteiger partial charge >= 0.3 is 0 Å². The molecule has 0 atom stereocenters. The number of aryl methyl sites for hydroxylation is 1. The maximum atomic E-state index is 12.5. The maximum absolute atomic E-state index is 12.5. The van der Waals surface area contributed by atoms with E-state index in [2.05, 4.69) is 20.6 Å². The highest BCUT2D eigenvalue weighted by Gasteiger charge is 2.11. The Morgan fingerprint density at radius 2 is 1.54 bits per heavy atom. The molecule has 0 aliphatic heterocycles. The SMILES string of the molecule is COc1ccc(CNc2cc(C(=O)Nc3ccc(OC)cc3)nc(C)n2)cc1. The summed E-state index contributed by atoms with van der Waals surface area (Å²) >= 11 is 0. The number of benzene rings is 2. The first-order valence-corrected chi connectivity index (χ1v) is 8.75. The average Bonchev–Trinajstić information content (AvgIpc) is 2.72. The van der Waals surface area contributed by atoms with Crippen molar-refractivity contribution in [2.24, 2.45) is 0 Å². The predicted molar refractivity (Wildman–Crippen MR) is 108 cm³/mol. The van der Waals surface area contributed by atoms with Crippen molar-refractivity contribution < 1.29 is 14.3 Å². The smallest absolute Gasteiger partial charge is 0.274 e. The van der Waals surface area contributed by atoms with Crippen LogP contribution < -0.4 is 20.1 Å². The topological polar surface area (TPSA) is 85.4 Å². The molecule has 2 N–H and O–H groups in total. The molecule has 1 aromatic heterocycles. The fourth-order valence-electron chi connectivity index (χ4n) is 2.58. The second-order valence-electron chi connectivity index (χ2n) is 6.07. The number of hydrogen-bond donors (Lipinski definition) is 2. The van der Waals surface area contributed by atoms with Gasteiger partial charge < -0.3 is 20.1 Å². The first kappa shape index (κ1) is 19.2. The summed E-state index contributed by atoms with van der Waals surface area (Å²) < 4.78 is 10.3. The summed E-state index contributed by atoms with van der Waals surface area (Å²) in [6, 6.07) is 16.5. The van der Waals surface area contributed by atoms with Gasteiger partial charge in [-0.25, -0.2) is 9.97 Å². The number of ether oxygens (including phenoxy) is 2. The van der Waals surface area contributed by atoms with Crippen molar-refractivity contribution in [1.82, 2.24) is 9.97 Å². The number of nitrogens with one attached hydrogen (secondary N) is 2. The van der Waals surface area contributed by atoms with Crippen molar-refractivity contribution >= 4 is 17.4 Å². The molecule has 1 heterocycles. The number of aromatic nitrogens is 2. The fourth-order valence-corrected chi connectivity index (χ4v) is 2.58. The van der Waals surface area contributed by atoms with E-state index in [-0.39, 0.29) is 5.91 Å². The molecule has 0 aliphatic rings. The number of methoxy groups -OCH3 is 2. The van der Waals surface area contributed by atoms with Crippen molar-refractivity contribution in [1.29, 1.82) is 0 Å². The fraction of sp³-hybridized carbons (Fsp3) is 0.190. The van der Waals surface area contributed by atoms with Gasteiger partial charge in [-0.15, -0.1) is 0 Å². The van der Waals surface area contributed by atoms with Crippen LogP contribution in [0, 0.1) is 6.92 Å². The summed E-state index contributed by atoms with van der Waals surface area (Å²) in [5, 5.41) is 6.05. The van der Waals surface area contributed by atoms with Crippen LogP contribution in [0.15, 0.2) is 54.6 Å². The Hall–Kier alpha value is -3.61. The zero-order valence-electron chi connectivity index (χ0n) is 16.0. The molecular formula is C21H22N4O3. The van der Waals surface area contributed by atoms with Gasteiger partial charge in [0.25, 0.3) is 5.91 Å². The molecule has 0 fully saturated rings. The van der Waals surface area contributed by atoms with E-state index in [0.29, 0.717) is 29.6 Å². The van der Waals surface area contributed by atoms with Gasteiger partial charge in [-0.3, -0.25) is 4.79 Å². The van der Waals surface area contributed by atoms with E-state index in [9.17, 15) is 4.79 Å². The second kappa shape index (κ2) is 8.85. The van der Waals surface area contributed by atoms with Crippen LogP contribution in [0.2, 0.25) is 0 Å². The summed E-state index contributed by atoms with van der Waals surface area (Å²) in [4.78, 5) is 21.1. The first-order chi connectivity index (χ1) is 13.6. The van der Waals surface area contributed by atoms with E-state index in [1.807, 2.05) is 24.3 Å². The van der Waals surface area contributed by atoms with Crippen molar-refractivity contribution in [2.75, 3.05) is 24.9 Å². The average molecular weight is 378 g/mol. The van der Waals surface area contributed by atoms with Crippen LogP contribution in [0.5, 0.6) is 11.5 Å². The number of amides is 1. The normalized spacial score (nSPS) is 10.2. The Morgan fingerprint density at radius 1 is 0.929 bits per heavy atom. The van der Waals surface area contributed by atoms with Gasteiger partial charge in [0, 0.05) is 18.3 Å². The molecule has 0 spiro atoms. The van der Waals surface area contributed by atoms with Crippen LogP contribution in [0.4, 0.5) is 11.5 Å². The molecule has 3 rings (SSSR count). The van der Waals surface area contributed by atoms with Gasteiger partial charge in [0.05, 0.1) is 14.2 Å². The number of hydrogen-bond acceptors (Lipinski definition) is 6. The molecule has 0 saturated heterocycles.